The van der Waals surface area contributed by atoms with Gasteiger partial charge in [-0.2, -0.15) is 0 Å². The lowest BCUT2D eigenvalue weighted by Gasteiger charge is -2.41. The highest BCUT2D eigenvalue weighted by Crippen LogP contribution is 2.32. The van der Waals surface area contributed by atoms with E-state index in [1.807, 2.05) is 12.1 Å². The first-order chi connectivity index (χ1) is 8.72. The van der Waals surface area contributed by atoms with E-state index in [1.54, 1.807) is 0 Å². The topological polar surface area (TPSA) is 49.5 Å². The fourth-order valence-corrected chi connectivity index (χ4v) is 2.67. The number of anilines is 1. The predicted octanol–water partition coefficient (Wildman–Crippen LogP) is 2.57. The first-order valence-corrected chi connectivity index (χ1v) is 6.94. The highest BCUT2D eigenvalue weighted by molar-refractivity contribution is 5.41. The Hall–Kier alpha value is -1.06. The zero-order chi connectivity index (χ0) is 13.0. The van der Waals surface area contributed by atoms with Crippen molar-refractivity contribution in [2.24, 2.45) is 0 Å². The van der Waals surface area contributed by atoms with E-state index in [4.69, 9.17) is 10.8 Å². The molecule has 0 heterocycles. The summed E-state index contributed by atoms with van der Waals surface area (Å²) in [4.78, 5) is 2.52. The average molecular weight is 248 g/mol. The van der Waals surface area contributed by atoms with Crippen molar-refractivity contribution < 1.29 is 5.11 Å². The summed E-state index contributed by atoms with van der Waals surface area (Å²) in [6, 6.07) is 9.23. The van der Waals surface area contributed by atoms with Crippen molar-refractivity contribution in [3.8, 4) is 0 Å². The summed E-state index contributed by atoms with van der Waals surface area (Å²) in [5, 5.41) is 9.04. The molecule has 100 valence electrons. The minimum atomic E-state index is 0.271. The fourth-order valence-electron chi connectivity index (χ4n) is 2.67. The summed E-state index contributed by atoms with van der Waals surface area (Å²) in [5.74, 6) is 0. The molecule has 1 aromatic rings. The molecule has 3 N–H and O–H groups in total. The van der Waals surface area contributed by atoms with E-state index in [-0.39, 0.29) is 6.61 Å². The molecule has 1 saturated carbocycles. The van der Waals surface area contributed by atoms with Gasteiger partial charge >= 0.3 is 0 Å². The molecule has 0 bridgehead atoms. The Morgan fingerprint density at radius 1 is 1.44 bits per heavy atom. The summed E-state index contributed by atoms with van der Waals surface area (Å²) in [6.45, 7) is 3.48. The Morgan fingerprint density at radius 2 is 2.22 bits per heavy atom. The van der Waals surface area contributed by atoms with Crippen LogP contribution in [-0.4, -0.2) is 29.2 Å². The quantitative estimate of drug-likeness (QED) is 0.761. The molecule has 0 spiro atoms. The molecule has 1 aliphatic rings. The highest BCUT2D eigenvalue weighted by atomic mass is 16.3. The number of hydrogen-bond donors (Lipinski definition) is 2. The van der Waals surface area contributed by atoms with Crippen LogP contribution in [0.4, 0.5) is 5.69 Å². The summed E-state index contributed by atoms with van der Waals surface area (Å²) in [7, 11) is 0. The van der Waals surface area contributed by atoms with Crippen LogP contribution in [0, 0.1) is 0 Å². The van der Waals surface area contributed by atoms with Crippen molar-refractivity contribution >= 4 is 5.69 Å². The number of nitrogens with zero attached hydrogens (tertiary/aromatic N) is 1. The van der Waals surface area contributed by atoms with Crippen LogP contribution in [0.2, 0.25) is 0 Å². The van der Waals surface area contributed by atoms with Gasteiger partial charge in [0.2, 0.25) is 0 Å². The third kappa shape index (κ3) is 3.03. The molecule has 3 heteroatoms. The van der Waals surface area contributed by atoms with Crippen LogP contribution in [0.15, 0.2) is 24.3 Å². The Morgan fingerprint density at radius 3 is 2.78 bits per heavy atom. The third-order valence-corrected chi connectivity index (χ3v) is 4.01. The van der Waals surface area contributed by atoms with Gasteiger partial charge < -0.3 is 10.8 Å². The number of nitrogen functional groups attached to an aromatic ring is 1. The molecule has 1 unspecified atom stereocenters. The number of benzene rings is 1. The second-order valence-corrected chi connectivity index (χ2v) is 5.25. The van der Waals surface area contributed by atoms with Crippen LogP contribution in [0.1, 0.15) is 44.2 Å². The van der Waals surface area contributed by atoms with Crippen LogP contribution in [0.5, 0.6) is 0 Å². The van der Waals surface area contributed by atoms with E-state index in [2.05, 4.69) is 24.0 Å². The Balaban J connectivity index is 2.08. The predicted molar refractivity (Wildman–Crippen MR) is 75.3 cm³/mol. The van der Waals surface area contributed by atoms with Gasteiger partial charge in [-0.25, -0.2) is 0 Å². The van der Waals surface area contributed by atoms with Gasteiger partial charge in [0.1, 0.15) is 0 Å². The molecule has 0 aliphatic heterocycles. The van der Waals surface area contributed by atoms with Gasteiger partial charge in [0.25, 0.3) is 0 Å². The second-order valence-electron chi connectivity index (χ2n) is 5.25. The lowest BCUT2D eigenvalue weighted by Crippen LogP contribution is -2.42. The number of aliphatic hydroxyl groups is 1. The maximum atomic E-state index is 9.04. The smallest absolute Gasteiger partial charge is 0.0443 e. The van der Waals surface area contributed by atoms with Gasteiger partial charge in [0.15, 0.2) is 0 Å². The zero-order valence-corrected chi connectivity index (χ0v) is 11.2. The van der Waals surface area contributed by atoms with E-state index < -0.39 is 0 Å². The number of aliphatic hydroxyl groups excluding tert-OH is 1. The summed E-state index contributed by atoms with van der Waals surface area (Å²) < 4.78 is 0. The minimum absolute atomic E-state index is 0.271. The van der Waals surface area contributed by atoms with Crippen LogP contribution in [0.3, 0.4) is 0 Å². The second kappa shape index (κ2) is 6.21. The highest BCUT2D eigenvalue weighted by Gasteiger charge is 2.28. The maximum Gasteiger partial charge on any atom is 0.0443 e. The molecule has 1 aliphatic carbocycles. The maximum absolute atomic E-state index is 9.04. The SMILES string of the molecule is CC(c1cccc(N)c1)N(CCCO)C1CCC1. The average Bonchev–Trinajstić information content (AvgIpc) is 2.31. The molecule has 1 fully saturated rings. The van der Waals surface area contributed by atoms with Gasteiger partial charge in [-0.1, -0.05) is 18.6 Å². The van der Waals surface area contributed by atoms with Crippen molar-refractivity contribution in [1.82, 2.24) is 4.90 Å². The fraction of sp³-hybridized carbons (Fsp3) is 0.600. The Bertz CT molecular complexity index is 377. The van der Waals surface area contributed by atoms with Crippen molar-refractivity contribution in [3.05, 3.63) is 29.8 Å². The zero-order valence-electron chi connectivity index (χ0n) is 11.2. The monoisotopic (exact) mass is 248 g/mol. The lowest BCUT2D eigenvalue weighted by molar-refractivity contribution is 0.0787. The molecule has 2 rings (SSSR count). The number of nitrogens with two attached hydrogens (primary N) is 1. The van der Waals surface area contributed by atoms with E-state index in [0.29, 0.717) is 12.1 Å². The lowest BCUT2D eigenvalue weighted by atomic mass is 9.89. The van der Waals surface area contributed by atoms with Crippen LogP contribution >= 0.6 is 0 Å². The minimum Gasteiger partial charge on any atom is -0.399 e. The Kier molecular flexibility index (Phi) is 4.61. The summed E-state index contributed by atoms with van der Waals surface area (Å²) in [6.07, 6.45) is 4.77. The van der Waals surface area contributed by atoms with Crippen molar-refractivity contribution in [1.29, 1.82) is 0 Å². The molecule has 3 nitrogen and oxygen atoms in total. The normalized spacial score (nSPS) is 17.7. The number of rotatable bonds is 6. The van der Waals surface area contributed by atoms with E-state index in [9.17, 15) is 0 Å². The molecule has 1 atom stereocenters. The van der Waals surface area contributed by atoms with Crippen molar-refractivity contribution in [2.45, 2.75) is 44.7 Å². The molecule has 1 aromatic carbocycles. The standard InChI is InChI=1S/C15H24N2O/c1-12(13-5-2-6-14(16)11-13)17(9-4-10-18)15-7-3-8-15/h2,5-6,11-12,15,18H,3-4,7-10,16H2,1H3. The van der Waals surface area contributed by atoms with E-state index >= 15 is 0 Å². The Labute approximate surface area is 110 Å². The summed E-state index contributed by atoms with van der Waals surface area (Å²) in [5.41, 5.74) is 7.97. The van der Waals surface area contributed by atoms with Gasteiger partial charge in [-0.05, 0) is 43.9 Å². The molecular formula is C15H24N2O. The summed E-state index contributed by atoms with van der Waals surface area (Å²) >= 11 is 0. The van der Waals surface area contributed by atoms with Crippen LogP contribution < -0.4 is 5.73 Å². The largest absolute Gasteiger partial charge is 0.399 e. The van der Waals surface area contributed by atoms with Crippen molar-refractivity contribution in [3.63, 3.8) is 0 Å². The van der Waals surface area contributed by atoms with E-state index in [0.717, 1.165) is 18.7 Å². The third-order valence-electron chi connectivity index (χ3n) is 4.01. The molecule has 0 aromatic heterocycles. The first kappa shape index (κ1) is 13.4. The van der Waals surface area contributed by atoms with Crippen molar-refractivity contribution in [2.75, 3.05) is 18.9 Å². The molecule has 18 heavy (non-hydrogen) atoms. The molecule has 0 saturated heterocycles. The van der Waals surface area contributed by atoms with Crippen LogP contribution in [0.25, 0.3) is 0 Å². The van der Waals surface area contributed by atoms with Gasteiger partial charge in [0, 0.05) is 30.9 Å². The van der Waals surface area contributed by atoms with Crippen LogP contribution in [-0.2, 0) is 0 Å². The van der Waals surface area contributed by atoms with Gasteiger partial charge in [-0.3, -0.25) is 4.90 Å². The van der Waals surface area contributed by atoms with E-state index in [1.165, 1.54) is 24.8 Å². The number of hydrogen-bond acceptors (Lipinski definition) is 3. The molecular weight excluding hydrogens is 224 g/mol. The van der Waals surface area contributed by atoms with Gasteiger partial charge in [-0.15, -0.1) is 0 Å². The molecule has 0 amide bonds. The molecule has 0 radical (unpaired) electrons. The van der Waals surface area contributed by atoms with Gasteiger partial charge in [0.05, 0.1) is 0 Å². The first-order valence-electron chi connectivity index (χ1n) is 6.94.